The Balaban J connectivity index is 2.12. The fraction of sp³-hybridized carbons (Fsp3) is 0.714. The summed E-state index contributed by atoms with van der Waals surface area (Å²) >= 11 is 0. The molecule has 3 N–H and O–H groups in total. The maximum Gasteiger partial charge on any atom is 0.492 e. The number of phosphoric ester groups is 2. The van der Waals surface area contributed by atoms with Gasteiger partial charge >= 0.3 is 29.2 Å². The first-order valence-electron chi connectivity index (χ1n) is 9.27. The van der Waals surface area contributed by atoms with Gasteiger partial charge in [-0.3, -0.25) is 36.8 Å². The van der Waals surface area contributed by atoms with Gasteiger partial charge in [0, 0.05) is 39.5 Å². The molecule has 0 aromatic carbocycles. The van der Waals surface area contributed by atoms with E-state index in [9.17, 15) is 37.7 Å². The average molecular weight is 556 g/mol. The highest BCUT2D eigenvalue weighted by atomic mass is 31.3. The van der Waals surface area contributed by atoms with E-state index < -0.39 is 72.2 Å². The van der Waals surface area contributed by atoms with E-state index in [0.717, 1.165) is 38.2 Å². The van der Waals surface area contributed by atoms with Gasteiger partial charge in [-0.15, -0.1) is 0 Å². The van der Waals surface area contributed by atoms with Crippen molar-refractivity contribution in [3.05, 3.63) is 33.1 Å². The summed E-state index contributed by atoms with van der Waals surface area (Å²) in [5.41, 5.74) is -1.43. The monoisotopic (exact) mass is 556 g/mol. The van der Waals surface area contributed by atoms with Gasteiger partial charge in [0.2, 0.25) is 0 Å². The molecular weight excluding hydrogens is 532 g/mol. The van der Waals surface area contributed by atoms with Gasteiger partial charge in [0.05, 0.1) is 32.0 Å². The molecule has 0 saturated carbocycles. The normalized spacial score (nSPS) is 28.2. The van der Waals surface area contributed by atoms with Gasteiger partial charge in [-0.25, -0.2) is 18.5 Å². The molecule has 1 aliphatic rings. The molecule has 3 unspecified atom stereocenters. The van der Waals surface area contributed by atoms with Crippen LogP contribution in [0.5, 0.6) is 0 Å². The Kier molecular flexibility index (Phi) is 10.1. The number of nitrogens with one attached hydrogen (secondary N) is 1. The van der Waals surface area contributed by atoms with Crippen LogP contribution in [0.1, 0.15) is 0 Å². The Hall–Kier alpha value is -1.06. The maximum absolute atomic E-state index is 13.6. The van der Waals surface area contributed by atoms with Crippen molar-refractivity contribution >= 4 is 23.5 Å². The van der Waals surface area contributed by atoms with E-state index in [1.807, 2.05) is 4.98 Å². The molecule has 1 aromatic rings. The summed E-state index contributed by atoms with van der Waals surface area (Å²) in [6, 6.07) is 1.06. The summed E-state index contributed by atoms with van der Waals surface area (Å²) in [4.78, 5) is 34.4. The molecular formula is C14H24FN2O14P3. The predicted molar refractivity (Wildman–Crippen MR) is 110 cm³/mol. The van der Waals surface area contributed by atoms with Crippen LogP contribution in [0.3, 0.4) is 0 Å². The molecule has 20 heteroatoms. The van der Waals surface area contributed by atoms with Crippen LogP contribution >= 0.6 is 23.5 Å². The highest BCUT2D eigenvalue weighted by molar-refractivity contribution is 7.67. The van der Waals surface area contributed by atoms with E-state index in [0.29, 0.717) is 0 Å². The van der Waals surface area contributed by atoms with Gasteiger partial charge in [0.1, 0.15) is 6.10 Å². The molecule has 1 saturated heterocycles. The minimum atomic E-state index is -5.02. The number of alkyl halides is 1. The Labute approximate surface area is 191 Å². The van der Waals surface area contributed by atoms with E-state index >= 15 is 0 Å². The topological polar surface area (TPSA) is 211 Å². The van der Waals surface area contributed by atoms with Crippen molar-refractivity contribution in [2.75, 3.05) is 34.6 Å². The Morgan fingerprint density at radius 1 is 1.09 bits per heavy atom. The highest BCUT2D eigenvalue weighted by Crippen LogP contribution is 2.71. The predicted octanol–water partition coefficient (Wildman–Crippen LogP) is 0.556. The number of aliphatic hydroxyl groups excluding tert-OH is 1. The molecule has 2 heterocycles. The third-order valence-corrected chi connectivity index (χ3v) is 9.62. The van der Waals surface area contributed by atoms with E-state index in [1.54, 1.807) is 0 Å². The van der Waals surface area contributed by atoms with Crippen LogP contribution in [0, 0.1) is 5.92 Å². The quantitative estimate of drug-likeness (QED) is 0.284. The minimum absolute atomic E-state index is 0.266. The molecule has 1 fully saturated rings. The fourth-order valence-electron chi connectivity index (χ4n) is 2.83. The molecule has 2 rings (SSSR count). The van der Waals surface area contributed by atoms with Crippen LogP contribution in [0.25, 0.3) is 0 Å². The summed E-state index contributed by atoms with van der Waals surface area (Å²) in [5.74, 6) is -1.20. The first-order valence-corrected chi connectivity index (χ1v) is 13.7. The van der Waals surface area contributed by atoms with E-state index in [4.69, 9.17) is 9.26 Å². The van der Waals surface area contributed by atoms with E-state index in [2.05, 4.69) is 22.2 Å². The first kappa shape index (κ1) is 29.2. The first-order chi connectivity index (χ1) is 15.8. The van der Waals surface area contributed by atoms with Crippen molar-refractivity contribution in [2.24, 2.45) is 5.92 Å². The lowest BCUT2D eigenvalue weighted by atomic mass is 9.98. The van der Waals surface area contributed by atoms with Crippen molar-refractivity contribution in [3.63, 3.8) is 0 Å². The molecule has 0 spiro atoms. The van der Waals surface area contributed by atoms with E-state index in [-0.39, 0.29) is 6.54 Å². The third-order valence-electron chi connectivity index (χ3n) is 4.58. The van der Waals surface area contributed by atoms with Crippen molar-refractivity contribution < 1.29 is 59.5 Å². The lowest BCUT2D eigenvalue weighted by Crippen LogP contribution is -2.37. The number of hydrogen-bond acceptors (Lipinski definition) is 13. The number of ether oxygens (including phenoxy) is 1. The summed E-state index contributed by atoms with van der Waals surface area (Å²) in [6.45, 7) is -2.11. The summed E-state index contributed by atoms with van der Waals surface area (Å²) in [6.07, 6.45) is -2.66. The number of halogens is 1. The van der Waals surface area contributed by atoms with Crippen molar-refractivity contribution in [2.45, 2.75) is 24.9 Å². The van der Waals surface area contributed by atoms with Gasteiger partial charge in [-0.05, 0) is 0 Å². The number of nitrogens with zero attached hydrogens (tertiary/aromatic N) is 1. The van der Waals surface area contributed by atoms with E-state index in [1.165, 1.54) is 0 Å². The van der Waals surface area contributed by atoms with Gasteiger partial charge in [0.15, 0.2) is 0 Å². The molecule has 34 heavy (non-hydrogen) atoms. The van der Waals surface area contributed by atoms with Gasteiger partial charge in [-0.1, -0.05) is 0 Å². The standard InChI is InChI=1S/C14H24FN2O14P3/c1-25-32(21,22)30-34(24,27-3)31-33(23,26-2)28-8-11-9(6-15)13(19)10(29-11)7-17-5-4-12(18)16-14(17)20/h4-5,9-11,13,19H,6-8H2,1-3H3,(H,21,22)(H,16,18,20)/t9-,10+,11-,13-,33?,34?/m1/s1. The smallest absolute Gasteiger partial charge is 0.390 e. The molecule has 1 aromatic heterocycles. The molecule has 0 radical (unpaired) electrons. The van der Waals surface area contributed by atoms with Crippen molar-refractivity contribution in [1.29, 1.82) is 0 Å². The number of phosphoric acid groups is 3. The molecule has 0 bridgehead atoms. The van der Waals surface area contributed by atoms with Crippen molar-refractivity contribution in [1.82, 2.24) is 9.55 Å². The second-order valence-corrected chi connectivity index (χ2v) is 12.0. The summed E-state index contributed by atoms with van der Waals surface area (Å²) in [5, 5.41) is 10.4. The summed E-state index contributed by atoms with van der Waals surface area (Å²) in [7, 11) is -12.5. The van der Waals surface area contributed by atoms with Crippen LogP contribution in [0.15, 0.2) is 21.9 Å². The average Bonchev–Trinajstić information content (AvgIpc) is 3.08. The maximum atomic E-state index is 13.6. The number of aromatic nitrogens is 2. The third kappa shape index (κ3) is 7.47. The molecule has 16 nitrogen and oxygen atoms in total. The zero-order chi connectivity index (χ0) is 25.7. The van der Waals surface area contributed by atoms with Crippen LogP contribution in [-0.2, 0) is 51.7 Å². The zero-order valence-corrected chi connectivity index (χ0v) is 20.7. The van der Waals surface area contributed by atoms with Gasteiger partial charge < -0.3 is 14.7 Å². The van der Waals surface area contributed by atoms with Crippen LogP contribution in [0.2, 0.25) is 0 Å². The number of rotatable bonds is 13. The molecule has 7 atom stereocenters. The number of aliphatic hydroxyl groups is 1. The largest absolute Gasteiger partial charge is 0.492 e. The van der Waals surface area contributed by atoms with Gasteiger partial charge in [0.25, 0.3) is 5.56 Å². The number of H-pyrrole nitrogens is 1. The number of hydrogen-bond donors (Lipinski definition) is 3. The lowest BCUT2D eigenvalue weighted by molar-refractivity contribution is -0.0207. The van der Waals surface area contributed by atoms with Crippen molar-refractivity contribution in [3.8, 4) is 0 Å². The second-order valence-electron chi connectivity index (χ2n) is 6.65. The molecule has 0 amide bonds. The zero-order valence-electron chi connectivity index (χ0n) is 18.0. The Morgan fingerprint density at radius 2 is 1.74 bits per heavy atom. The SMILES string of the molecule is COP(=O)(O)OP(=O)(OC)OP(=O)(OC)OC[C@H]1O[C@@H](Cn2ccc(=O)[nH]c2=O)[C@H](O)[C@@H]1CF. The Morgan fingerprint density at radius 3 is 2.26 bits per heavy atom. The molecule has 196 valence electrons. The van der Waals surface area contributed by atoms with Crippen LogP contribution in [0.4, 0.5) is 4.39 Å². The minimum Gasteiger partial charge on any atom is -0.390 e. The summed E-state index contributed by atoms with van der Waals surface area (Å²) < 4.78 is 83.6. The fourth-order valence-corrected chi connectivity index (χ4v) is 6.89. The Bertz CT molecular complexity index is 1090. The highest BCUT2D eigenvalue weighted by Gasteiger charge is 2.48. The number of aromatic amines is 1. The molecule has 1 aliphatic heterocycles. The van der Waals surface area contributed by atoms with Crippen LogP contribution < -0.4 is 11.2 Å². The lowest BCUT2D eigenvalue weighted by Gasteiger charge is -2.23. The van der Waals surface area contributed by atoms with Crippen LogP contribution in [-0.4, -0.2) is 72.5 Å². The van der Waals surface area contributed by atoms with Gasteiger partial charge in [-0.2, -0.15) is 8.62 Å². The second kappa shape index (κ2) is 11.8. The molecule has 0 aliphatic carbocycles.